The summed E-state index contributed by atoms with van der Waals surface area (Å²) in [6.07, 6.45) is 5.20. The fraction of sp³-hybridized carbons (Fsp3) is 0.533. The molecule has 0 aliphatic heterocycles. The lowest BCUT2D eigenvalue weighted by atomic mass is 10.1. The minimum absolute atomic E-state index is 0.112. The van der Waals surface area contributed by atoms with Crippen molar-refractivity contribution in [3.05, 3.63) is 28.7 Å². The molecule has 1 N–H and O–H groups in total. The summed E-state index contributed by atoms with van der Waals surface area (Å²) in [4.78, 5) is 18.7. The highest BCUT2D eigenvalue weighted by molar-refractivity contribution is 5.87. The van der Waals surface area contributed by atoms with Crippen LogP contribution in [0.2, 0.25) is 0 Å². The van der Waals surface area contributed by atoms with Crippen LogP contribution in [-0.2, 0) is 7.05 Å². The summed E-state index contributed by atoms with van der Waals surface area (Å²) < 4.78 is 1.38. The number of fused-ring (bicyclic) bond motifs is 1. The number of hydrogen-bond acceptors (Lipinski definition) is 5. The second-order valence-corrected chi connectivity index (χ2v) is 5.89. The van der Waals surface area contributed by atoms with E-state index in [0.717, 1.165) is 6.42 Å². The van der Waals surface area contributed by atoms with E-state index in [1.807, 2.05) is 0 Å². The van der Waals surface area contributed by atoms with Crippen molar-refractivity contribution in [2.75, 3.05) is 19.4 Å². The van der Waals surface area contributed by atoms with Gasteiger partial charge >= 0.3 is 0 Å². The summed E-state index contributed by atoms with van der Waals surface area (Å²) in [6.45, 7) is 0. The fourth-order valence-corrected chi connectivity index (χ4v) is 3.18. The molecule has 1 saturated carbocycles. The van der Waals surface area contributed by atoms with Crippen LogP contribution in [0.15, 0.2) is 23.1 Å². The highest BCUT2D eigenvalue weighted by Gasteiger charge is 2.29. The Morgan fingerprint density at radius 1 is 1.38 bits per heavy atom. The zero-order chi connectivity index (χ0) is 15.0. The molecule has 0 radical (unpaired) electrons. The maximum atomic E-state index is 12.1. The molecule has 3 rings (SSSR count). The molecule has 1 aliphatic carbocycles. The Morgan fingerprint density at radius 2 is 2.19 bits per heavy atom. The second kappa shape index (κ2) is 5.44. The monoisotopic (exact) mass is 287 g/mol. The van der Waals surface area contributed by atoms with Crippen LogP contribution in [0.25, 0.3) is 10.9 Å². The first-order valence-electron chi connectivity index (χ1n) is 7.33. The Bertz CT molecular complexity index is 709. The lowest BCUT2D eigenvalue weighted by Crippen LogP contribution is -2.40. The van der Waals surface area contributed by atoms with Crippen molar-refractivity contribution in [1.82, 2.24) is 19.7 Å². The molecule has 0 aromatic carbocycles. The molecule has 0 spiro atoms. The third-order valence-electron chi connectivity index (χ3n) is 4.27. The van der Waals surface area contributed by atoms with Crippen molar-refractivity contribution in [3.8, 4) is 0 Å². The normalized spacial score (nSPS) is 22.1. The molecule has 2 heterocycles. The van der Waals surface area contributed by atoms with Gasteiger partial charge in [-0.05, 0) is 45.5 Å². The van der Waals surface area contributed by atoms with Gasteiger partial charge in [0.25, 0.3) is 5.56 Å². The van der Waals surface area contributed by atoms with Gasteiger partial charge in [0.2, 0.25) is 0 Å². The number of rotatable bonds is 3. The number of pyridine rings is 1. The standard InChI is InChI=1S/C15H21N5O/c1-19(2)12-8-4-7-11(12)17-14-13-10(6-5-9-16-13)15(21)20(3)18-14/h5-6,9,11-12H,4,7-8H2,1-3H3,(H,17,18)/t11?,12-/m0/s1. The first kappa shape index (κ1) is 14.0. The van der Waals surface area contributed by atoms with Gasteiger partial charge in [-0.2, -0.15) is 5.10 Å². The molecule has 2 aromatic heterocycles. The van der Waals surface area contributed by atoms with E-state index in [0.29, 0.717) is 28.8 Å². The lowest BCUT2D eigenvalue weighted by Gasteiger charge is -2.27. The minimum Gasteiger partial charge on any atom is -0.363 e. The first-order chi connectivity index (χ1) is 10.1. The second-order valence-electron chi connectivity index (χ2n) is 5.89. The van der Waals surface area contributed by atoms with Gasteiger partial charge in [-0.25, -0.2) is 4.68 Å². The Balaban J connectivity index is 2.01. The Labute approximate surface area is 123 Å². The predicted octanol–water partition coefficient (Wildman–Crippen LogP) is 1.22. The van der Waals surface area contributed by atoms with Gasteiger partial charge in [0.15, 0.2) is 5.82 Å². The number of anilines is 1. The molecule has 0 amide bonds. The molecule has 1 fully saturated rings. The molecular weight excluding hydrogens is 266 g/mol. The third kappa shape index (κ3) is 2.51. The number of hydrogen-bond donors (Lipinski definition) is 1. The minimum atomic E-state index is -0.112. The summed E-state index contributed by atoms with van der Waals surface area (Å²) >= 11 is 0. The van der Waals surface area contributed by atoms with Crippen LogP contribution in [-0.4, -0.2) is 45.8 Å². The summed E-state index contributed by atoms with van der Waals surface area (Å²) in [5.41, 5.74) is 0.546. The average Bonchev–Trinajstić information content (AvgIpc) is 2.93. The zero-order valence-electron chi connectivity index (χ0n) is 12.7. The number of likely N-dealkylation sites (N-methyl/N-ethyl adjacent to an activating group) is 1. The predicted molar refractivity (Wildman–Crippen MR) is 83.5 cm³/mol. The van der Waals surface area contributed by atoms with Gasteiger partial charge in [-0.15, -0.1) is 0 Å². The Morgan fingerprint density at radius 3 is 2.95 bits per heavy atom. The van der Waals surface area contributed by atoms with Crippen molar-refractivity contribution in [3.63, 3.8) is 0 Å². The summed E-state index contributed by atoms with van der Waals surface area (Å²) in [7, 11) is 5.89. The van der Waals surface area contributed by atoms with E-state index in [2.05, 4.69) is 34.4 Å². The van der Waals surface area contributed by atoms with E-state index in [-0.39, 0.29) is 5.56 Å². The summed E-state index contributed by atoms with van der Waals surface area (Å²) in [6, 6.07) is 4.42. The molecule has 1 aliphatic rings. The van der Waals surface area contributed by atoms with Crippen LogP contribution in [0, 0.1) is 0 Å². The Hall–Kier alpha value is -1.95. The molecule has 2 atom stereocenters. The number of nitrogens with one attached hydrogen (secondary N) is 1. The van der Waals surface area contributed by atoms with E-state index in [9.17, 15) is 4.79 Å². The van der Waals surface area contributed by atoms with Crippen molar-refractivity contribution < 1.29 is 0 Å². The van der Waals surface area contributed by atoms with Crippen LogP contribution in [0.1, 0.15) is 19.3 Å². The maximum absolute atomic E-state index is 12.1. The van der Waals surface area contributed by atoms with Crippen molar-refractivity contribution in [2.45, 2.75) is 31.3 Å². The van der Waals surface area contributed by atoms with Crippen LogP contribution < -0.4 is 10.9 Å². The van der Waals surface area contributed by atoms with Crippen molar-refractivity contribution in [1.29, 1.82) is 0 Å². The van der Waals surface area contributed by atoms with E-state index < -0.39 is 0 Å². The molecule has 0 bridgehead atoms. The van der Waals surface area contributed by atoms with E-state index >= 15 is 0 Å². The van der Waals surface area contributed by atoms with E-state index in [1.54, 1.807) is 25.4 Å². The topological polar surface area (TPSA) is 63.1 Å². The quantitative estimate of drug-likeness (QED) is 0.919. The molecular formula is C15H21N5O. The van der Waals surface area contributed by atoms with Crippen molar-refractivity contribution in [2.24, 2.45) is 7.05 Å². The molecule has 21 heavy (non-hydrogen) atoms. The summed E-state index contributed by atoms with van der Waals surface area (Å²) in [5.74, 6) is 0.700. The number of aryl methyl sites for hydroxylation is 1. The van der Waals surface area contributed by atoms with Gasteiger partial charge in [-0.3, -0.25) is 9.78 Å². The van der Waals surface area contributed by atoms with Gasteiger partial charge in [-0.1, -0.05) is 0 Å². The van der Waals surface area contributed by atoms with Crippen LogP contribution in [0.3, 0.4) is 0 Å². The number of aromatic nitrogens is 3. The van der Waals surface area contributed by atoms with Crippen LogP contribution in [0.4, 0.5) is 5.82 Å². The largest absolute Gasteiger partial charge is 0.363 e. The SMILES string of the molecule is CN(C)[C@H]1CCCC1Nc1nn(C)c(=O)c2cccnc12. The van der Waals surface area contributed by atoms with Gasteiger partial charge in [0, 0.05) is 25.3 Å². The molecule has 2 aromatic rings. The number of nitrogens with zero attached hydrogens (tertiary/aromatic N) is 4. The lowest BCUT2D eigenvalue weighted by molar-refractivity contribution is 0.284. The molecule has 1 unspecified atom stereocenters. The zero-order valence-corrected chi connectivity index (χ0v) is 12.7. The maximum Gasteiger partial charge on any atom is 0.276 e. The first-order valence-corrected chi connectivity index (χ1v) is 7.33. The summed E-state index contributed by atoms with van der Waals surface area (Å²) in [5, 5.41) is 8.49. The fourth-order valence-electron chi connectivity index (χ4n) is 3.18. The highest BCUT2D eigenvalue weighted by atomic mass is 16.1. The Kier molecular flexibility index (Phi) is 3.63. The molecule has 0 saturated heterocycles. The van der Waals surface area contributed by atoms with Gasteiger partial charge in [0.1, 0.15) is 5.52 Å². The van der Waals surface area contributed by atoms with Crippen LogP contribution >= 0.6 is 0 Å². The third-order valence-corrected chi connectivity index (χ3v) is 4.27. The van der Waals surface area contributed by atoms with Crippen molar-refractivity contribution >= 4 is 16.7 Å². The smallest absolute Gasteiger partial charge is 0.276 e. The highest BCUT2D eigenvalue weighted by Crippen LogP contribution is 2.26. The molecule has 112 valence electrons. The van der Waals surface area contributed by atoms with E-state index in [1.165, 1.54) is 17.5 Å². The van der Waals surface area contributed by atoms with Gasteiger partial charge < -0.3 is 10.2 Å². The van der Waals surface area contributed by atoms with E-state index in [4.69, 9.17) is 0 Å². The van der Waals surface area contributed by atoms with Gasteiger partial charge in [0.05, 0.1) is 5.39 Å². The average molecular weight is 287 g/mol. The molecule has 6 heteroatoms. The van der Waals surface area contributed by atoms with Crippen LogP contribution in [0.5, 0.6) is 0 Å². The molecule has 6 nitrogen and oxygen atoms in total.